The first-order valence-electron chi connectivity index (χ1n) is 4.90. The summed E-state index contributed by atoms with van der Waals surface area (Å²) in [5.74, 6) is 3.33. The molecule has 1 aromatic heterocycles. The summed E-state index contributed by atoms with van der Waals surface area (Å²) in [6.45, 7) is 0. The van der Waals surface area contributed by atoms with Gasteiger partial charge in [-0.1, -0.05) is 0 Å². The fraction of sp³-hybridized carbons (Fsp3) is 0.455. The molecule has 1 aliphatic heterocycles. The van der Waals surface area contributed by atoms with Crippen LogP contribution < -0.4 is 0 Å². The summed E-state index contributed by atoms with van der Waals surface area (Å²) < 4.78 is 0.972. The lowest BCUT2D eigenvalue weighted by atomic mass is 9.99. The Kier molecular flexibility index (Phi) is 2.08. The van der Waals surface area contributed by atoms with Gasteiger partial charge in [0.05, 0.1) is 11.8 Å². The molecule has 3 atom stereocenters. The summed E-state index contributed by atoms with van der Waals surface area (Å²) >= 11 is 5.33. The molecule has 2 nitrogen and oxygen atoms in total. The van der Waals surface area contributed by atoms with Crippen molar-refractivity contribution in [2.24, 2.45) is 11.8 Å². The molecule has 0 amide bonds. The molecule has 0 N–H and O–H groups in total. The first-order valence-corrected chi connectivity index (χ1v) is 6.85. The molecule has 0 unspecified atom stereocenters. The van der Waals surface area contributed by atoms with Crippen molar-refractivity contribution in [1.82, 2.24) is 4.98 Å². The molecular weight excluding hydrogens is 272 g/mol. The number of rotatable bonds is 1. The van der Waals surface area contributed by atoms with E-state index in [1.54, 1.807) is 6.20 Å². The third-order valence-electron chi connectivity index (χ3n) is 3.48. The van der Waals surface area contributed by atoms with E-state index >= 15 is 0 Å². The second-order valence-electron chi connectivity index (χ2n) is 4.09. The highest BCUT2D eigenvalue weighted by Gasteiger charge is 2.69. The molecule has 2 aliphatic rings. The van der Waals surface area contributed by atoms with E-state index in [9.17, 15) is 5.26 Å². The Bertz CT molecular complexity index is 427. The molecule has 1 saturated carbocycles. The maximum Gasteiger partial charge on any atom is 0.107 e. The van der Waals surface area contributed by atoms with Gasteiger partial charge in [-0.2, -0.15) is 17.0 Å². The van der Waals surface area contributed by atoms with Crippen LogP contribution in [-0.4, -0.2) is 16.5 Å². The number of pyridine rings is 1. The summed E-state index contributed by atoms with van der Waals surface area (Å²) in [5.41, 5.74) is 0.704. The Hall–Kier alpha value is -0.530. The van der Waals surface area contributed by atoms with Gasteiger partial charge in [-0.15, -0.1) is 0 Å². The van der Waals surface area contributed by atoms with Crippen LogP contribution in [0.3, 0.4) is 0 Å². The van der Waals surface area contributed by atoms with Gasteiger partial charge in [0.15, 0.2) is 0 Å². The number of hydrogen-bond acceptors (Lipinski definition) is 3. The molecule has 0 aromatic carbocycles. The van der Waals surface area contributed by atoms with Crippen molar-refractivity contribution in [3.05, 3.63) is 28.5 Å². The third kappa shape index (κ3) is 1.20. The van der Waals surface area contributed by atoms with E-state index in [4.69, 9.17) is 0 Å². The van der Waals surface area contributed by atoms with Crippen molar-refractivity contribution in [3.8, 4) is 6.07 Å². The van der Waals surface area contributed by atoms with E-state index in [1.165, 1.54) is 0 Å². The zero-order valence-corrected chi connectivity index (χ0v) is 10.4. The van der Waals surface area contributed by atoms with Crippen molar-refractivity contribution in [3.63, 3.8) is 0 Å². The molecule has 2 fully saturated rings. The molecule has 2 heterocycles. The SMILES string of the molecule is N#C[C@]1(c2ccc(Br)cn2)[C@@H]2CSC[C@@H]21. The van der Waals surface area contributed by atoms with Gasteiger partial charge in [0, 0.05) is 10.7 Å². The van der Waals surface area contributed by atoms with E-state index in [0.29, 0.717) is 11.8 Å². The lowest BCUT2D eigenvalue weighted by Gasteiger charge is -2.11. The number of nitriles is 1. The number of fused-ring (bicyclic) bond motifs is 1. The minimum atomic E-state index is -0.258. The second kappa shape index (κ2) is 3.23. The van der Waals surface area contributed by atoms with Crippen LogP contribution in [-0.2, 0) is 5.41 Å². The Balaban J connectivity index is 2.00. The van der Waals surface area contributed by atoms with E-state index in [-0.39, 0.29) is 5.41 Å². The first-order chi connectivity index (χ1) is 7.29. The smallest absolute Gasteiger partial charge is 0.107 e. The predicted molar refractivity (Wildman–Crippen MR) is 63.5 cm³/mol. The number of halogens is 1. The molecule has 0 spiro atoms. The largest absolute Gasteiger partial charge is 0.258 e. The minimum Gasteiger partial charge on any atom is -0.258 e. The molecule has 3 rings (SSSR count). The van der Waals surface area contributed by atoms with Crippen LogP contribution in [0.15, 0.2) is 22.8 Å². The van der Waals surface area contributed by atoms with E-state index in [1.807, 2.05) is 23.9 Å². The van der Waals surface area contributed by atoms with Crippen LogP contribution >= 0.6 is 27.7 Å². The van der Waals surface area contributed by atoms with Gasteiger partial charge in [-0.05, 0) is 51.4 Å². The quantitative estimate of drug-likeness (QED) is 0.794. The van der Waals surface area contributed by atoms with Crippen LogP contribution in [0.4, 0.5) is 0 Å². The zero-order chi connectivity index (χ0) is 10.5. The van der Waals surface area contributed by atoms with Crippen molar-refractivity contribution < 1.29 is 0 Å². The van der Waals surface area contributed by atoms with Crippen LogP contribution in [0.5, 0.6) is 0 Å². The Morgan fingerprint density at radius 1 is 1.47 bits per heavy atom. The molecule has 15 heavy (non-hydrogen) atoms. The van der Waals surface area contributed by atoms with Gasteiger partial charge < -0.3 is 0 Å². The Morgan fingerprint density at radius 2 is 2.20 bits per heavy atom. The fourth-order valence-electron chi connectivity index (χ4n) is 2.58. The molecule has 4 heteroatoms. The molecule has 0 bridgehead atoms. The molecule has 76 valence electrons. The summed E-state index contributed by atoms with van der Waals surface area (Å²) in [7, 11) is 0. The first kappa shape index (κ1) is 9.68. The molecule has 1 saturated heterocycles. The normalized spacial score (nSPS) is 37.1. The van der Waals surface area contributed by atoms with Crippen molar-refractivity contribution in [2.45, 2.75) is 5.41 Å². The minimum absolute atomic E-state index is 0.258. The molecule has 0 radical (unpaired) electrons. The van der Waals surface area contributed by atoms with Gasteiger partial charge >= 0.3 is 0 Å². The third-order valence-corrected chi connectivity index (χ3v) is 5.14. The number of hydrogen-bond donors (Lipinski definition) is 0. The number of nitrogens with zero attached hydrogens (tertiary/aromatic N) is 2. The highest BCUT2D eigenvalue weighted by Crippen LogP contribution is 2.65. The molecule has 1 aromatic rings. The monoisotopic (exact) mass is 280 g/mol. The summed E-state index contributed by atoms with van der Waals surface area (Å²) in [6, 6.07) is 6.46. The zero-order valence-electron chi connectivity index (χ0n) is 7.98. The van der Waals surface area contributed by atoms with Crippen LogP contribution in [0, 0.1) is 23.2 Å². The van der Waals surface area contributed by atoms with E-state index < -0.39 is 0 Å². The van der Waals surface area contributed by atoms with E-state index in [0.717, 1.165) is 21.7 Å². The number of thioether (sulfide) groups is 1. The number of aromatic nitrogens is 1. The average Bonchev–Trinajstić information content (AvgIpc) is 2.65. The maximum atomic E-state index is 9.37. The fourth-order valence-corrected chi connectivity index (χ4v) is 4.45. The summed E-state index contributed by atoms with van der Waals surface area (Å²) in [5, 5.41) is 9.37. The van der Waals surface area contributed by atoms with Crippen LogP contribution in [0.1, 0.15) is 5.69 Å². The van der Waals surface area contributed by atoms with Gasteiger partial charge in [0.2, 0.25) is 0 Å². The van der Waals surface area contributed by atoms with Crippen LogP contribution in [0.2, 0.25) is 0 Å². The highest BCUT2D eigenvalue weighted by molar-refractivity contribution is 9.10. The standard InChI is InChI=1S/C11H9BrN2S/c12-7-1-2-10(14-3-7)11(6-13)8-4-15-5-9(8)11/h1-3,8-9H,4-5H2/t8-,9+,11+. The van der Waals surface area contributed by atoms with Gasteiger partial charge in [0.1, 0.15) is 5.41 Å². The van der Waals surface area contributed by atoms with Crippen molar-refractivity contribution in [1.29, 1.82) is 5.26 Å². The maximum absolute atomic E-state index is 9.37. The van der Waals surface area contributed by atoms with Gasteiger partial charge in [-0.3, -0.25) is 4.98 Å². The second-order valence-corrected chi connectivity index (χ2v) is 6.08. The summed E-state index contributed by atoms with van der Waals surface area (Å²) in [6.07, 6.45) is 1.79. The highest BCUT2D eigenvalue weighted by atomic mass is 79.9. The van der Waals surface area contributed by atoms with E-state index in [2.05, 4.69) is 27.0 Å². The predicted octanol–water partition coefficient (Wildman–Crippen LogP) is 2.60. The molecule has 1 aliphatic carbocycles. The summed E-state index contributed by atoms with van der Waals surface area (Å²) in [4.78, 5) is 4.39. The van der Waals surface area contributed by atoms with Gasteiger partial charge in [-0.25, -0.2) is 0 Å². The lowest BCUT2D eigenvalue weighted by Crippen LogP contribution is -2.14. The average molecular weight is 281 g/mol. The van der Waals surface area contributed by atoms with Gasteiger partial charge in [0.25, 0.3) is 0 Å². The topological polar surface area (TPSA) is 36.7 Å². The molecular formula is C11H9BrN2S. The van der Waals surface area contributed by atoms with Crippen molar-refractivity contribution >= 4 is 27.7 Å². The van der Waals surface area contributed by atoms with Crippen molar-refractivity contribution in [2.75, 3.05) is 11.5 Å². The Labute approximate surface area is 101 Å². The lowest BCUT2D eigenvalue weighted by molar-refractivity contribution is 0.743. The van der Waals surface area contributed by atoms with Crippen LogP contribution in [0.25, 0.3) is 0 Å². The Morgan fingerprint density at radius 3 is 2.73 bits per heavy atom.